The van der Waals surface area contributed by atoms with Crippen LogP contribution in [0.25, 0.3) is 0 Å². The average molecular weight is 272 g/mol. The van der Waals surface area contributed by atoms with Crippen molar-refractivity contribution < 1.29 is 9.84 Å². The molecule has 102 valence electrons. The molecule has 0 aliphatic carbocycles. The van der Waals surface area contributed by atoms with Gasteiger partial charge in [-0.1, -0.05) is 23.7 Å². The molecule has 0 spiro atoms. The minimum Gasteiger partial charge on any atom is -0.396 e. The molecule has 1 aromatic rings. The van der Waals surface area contributed by atoms with Gasteiger partial charge in [0.05, 0.1) is 6.61 Å². The number of hydrogen-bond donors (Lipinski definition) is 2. The lowest BCUT2D eigenvalue weighted by Crippen LogP contribution is -2.41. The van der Waals surface area contributed by atoms with Crippen molar-refractivity contribution in [3.05, 3.63) is 34.9 Å². The molecule has 3 nitrogen and oxygen atoms in total. The number of nitrogens with one attached hydrogen (secondary N) is 1. The first-order valence-electron chi connectivity index (χ1n) is 6.26. The number of aliphatic hydroxyl groups excluding tert-OH is 1. The summed E-state index contributed by atoms with van der Waals surface area (Å²) in [6, 6.07) is 8.42. The van der Waals surface area contributed by atoms with E-state index in [1.807, 2.05) is 24.3 Å². The van der Waals surface area contributed by atoms with E-state index >= 15 is 0 Å². The van der Waals surface area contributed by atoms with Crippen molar-refractivity contribution in [2.24, 2.45) is 0 Å². The van der Waals surface area contributed by atoms with Crippen LogP contribution in [0.2, 0.25) is 5.02 Å². The molecule has 0 saturated carbocycles. The van der Waals surface area contributed by atoms with Crippen LogP contribution in [0.4, 0.5) is 0 Å². The van der Waals surface area contributed by atoms with Gasteiger partial charge in [0, 0.05) is 30.8 Å². The molecule has 0 aliphatic rings. The molecule has 0 aliphatic heterocycles. The Labute approximate surface area is 114 Å². The summed E-state index contributed by atoms with van der Waals surface area (Å²) in [5, 5.41) is 13.2. The lowest BCUT2D eigenvalue weighted by atomic mass is 10.1. The monoisotopic (exact) mass is 271 g/mol. The summed E-state index contributed by atoms with van der Waals surface area (Å²) in [5.74, 6) is 0. The second kappa shape index (κ2) is 8.48. The average Bonchev–Trinajstić information content (AvgIpc) is 2.33. The van der Waals surface area contributed by atoms with Crippen LogP contribution < -0.4 is 5.32 Å². The van der Waals surface area contributed by atoms with Crippen LogP contribution in [0.5, 0.6) is 0 Å². The van der Waals surface area contributed by atoms with Crippen molar-refractivity contribution >= 4 is 11.6 Å². The van der Waals surface area contributed by atoms with Crippen molar-refractivity contribution in [3.63, 3.8) is 0 Å². The van der Waals surface area contributed by atoms with Gasteiger partial charge in [0.1, 0.15) is 0 Å². The van der Waals surface area contributed by atoms with Gasteiger partial charge in [-0.05, 0) is 37.5 Å². The van der Waals surface area contributed by atoms with E-state index in [0.29, 0.717) is 19.1 Å². The standard InChI is InChI=1S/C14H22ClNO2/c1-11(16-14(7-8-17)10-18-2)9-12-3-5-13(15)6-4-12/h3-6,11,14,16-17H,7-10H2,1-2H3. The molecule has 0 radical (unpaired) electrons. The summed E-state index contributed by atoms with van der Waals surface area (Å²) in [6.07, 6.45) is 1.64. The third-order valence-corrected chi connectivity index (χ3v) is 3.07. The maximum atomic E-state index is 8.99. The Bertz CT molecular complexity index is 323. The third kappa shape index (κ3) is 5.83. The van der Waals surface area contributed by atoms with Crippen molar-refractivity contribution in [2.45, 2.75) is 31.8 Å². The van der Waals surface area contributed by atoms with Gasteiger partial charge in [0.2, 0.25) is 0 Å². The molecule has 2 unspecified atom stereocenters. The predicted molar refractivity (Wildman–Crippen MR) is 75.1 cm³/mol. The van der Waals surface area contributed by atoms with Crippen LogP contribution >= 0.6 is 11.6 Å². The number of ether oxygens (including phenoxy) is 1. The second-order valence-corrected chi connectivity index (χ2v) is 5.00. The molecule has 2 N–H and O–H groups in total. The first kappa shape index (κ1) is 15.4. The van der Waals surface area contributed by atoms with Crippen molar-refractivity contribution in [1.82, 2.24) is 5.32 Å². The Kier molecular flexibility index (Phi) is 7.28. The van der Waals surface area contributed by atoms with E-state index in [2.05, 4.69) is 12.2 Å². The van der Waals surface area contributed by atoms with E-state index < -0.39 is 0 Å². The van der Waals surface area contributed by atoms with Crippen LogP contribution in [0.3, 0.4) is 0 Å². The minimum absolute atomic E-state index is 0.175. The fraction of sp³-hybridized carbons (Fsp3) is 0.571. The van der Waals surface area contributed by atoms with Gasteiger partial charge in [0.15, 0.2) is 0 Å². The number of halogens is 1. The molecule has 0 fully saturated rings. The topological polar surface area (TPSA) is 41.5 Å². The highest BCUT2D eigenvalue weighted by Gasteiger charge is 2.11. The summed E-state index contributed by atoms with van der Waals surface area (Å²) in [4.78, 5) is 0. The van der Waals surface area contributed by atoms with Gasteiger partial charge in [-0.25, -0.2) is 0 Å². The van der Waals surface area contributed by atoms with Gasteiger partial charge in [-0.15, -0.1) is 0 Å². The number of benzene rings is 1. The Hall–Kier alpha value is -0.610. The SMILES string of the molecule is COCC(CCO)NC(C)Cc1ccc(Cl)cc1. The zero-order chi connectivity index (χ0) is 13.4. The molecule has 0 bridgehead atoms. The van der Waals surface area contributed by atoms with Gasteiger partial charge < -0.3 is 15.2 Å². The Morgan fingerprint density at radius 1 is 1.33 bits per heavy atom. The molecule has 0 saturated heterocycles. The van der Waals surface area contributed by atoms with Gasteiger partial charge >= 0.3 is 0 Å². The number of rotatable bonds is 8. The predicted octanol–water partition coefficient (Wildman–Crippen LogP) is 2.26. The van der Waals surface area contributed by atoms with Crippen LogP contribution in [-0.2, 0) is 11.2 Å². The van der Waals surface area contributed by atoms with Crippen molar-refractivity contribution in [3.8, 4) is 0 Å². The maximum Gasteiger partial charge on any atom is 0.0616 e. The molecule has 0 heterocycles. The quantitative estimate of drug-likeness (QED) is 0.762. The fourth-order valence-corrected chi connectivity index (χ4v) is 2.13. The molecular weight excluding hydrogens is 250 g/mol. The third-order valence-electron chi connectivity index (χ3n) is 2.82. The molecule has 4 heteroatoms. The second-order valence-electron chi connectivity index (χ2n) is 4.56. The minimum atomic E-state index is 0.175. The number of methoxy groups -OCH3 is 1. The highest BCUT2D eigenvalue weighted by molar-refractivity contribution is 6.30. The normalized spacial score (nSPS) is 14.4. The Morgan fingerprint density at radius 3 is 2.56 bits per heavy atom. The summed E-state index contributed by atoms with van der Waals surface area (Å²) < 4.78 is 5.13. The molecule has 1 aromatic carbocycles. The Morgan fingerprint density at radius 2 is 2.00 bits per heavy atom. The maximum absolute atomic E-state index is 8.99. The highest BCUT2D eigenvalue weighted by Crippen LogP contribution is 2.11. The Balaban J connectivity index is 2.43. The van der Waals surface area contributed by atoms with Gasteiger partial charge in [0.25, 0.3) is 0 Å². The molecule has 1 rings (SSSR count). The molecule has 18 heavy (non-hydrogen) atoms. The van der Waals surface area contributed by atoms with E-state index in [0.717, 1.165) is 11.4 Å². The van der Waals surface area contributed by atoms with E-state index in [9.17, 15) is 0 Å². The molecule has 0 amide bonds. The zero-order valence-corrected chi connectivity index (χ0v) is 11.8. The zero-order valence-electron chi connectivity index (χ0n) is 11.0. The van der Waals surface area contributed by atoms with Crippen molar-refractivity contribution in [2.75, 3.05) is 20.3 Å². The van der Waals surface area contributed by atoms with E-state index in [4.69, 9.17) is 21.4 Å². The fourth-order valence-electron chi connectivity index (χ4n) is 2.01. The summed E-state index contributed by atoms with van der Waals surface area (Å²) >= 11 is 5.86. The molecular formula is C14H22ClNO2. The lowest BCUT2D eigenvalue weighted by Gasteiger charge is -2.22. The smallest absolute Gasteiger partial charge is 0.0616 e. The van der Waals surface area contributed by atoms with Crippen LogP contribution in [-0.4, -0.2) is 37.5 Å². The number of hydrogen-bond acceptors (Lipinski definition) is 3. The van der Waals surface area contributed by atoms with Gasteiger partial charge in [-0.2, -0.15) is 0 Å². The van der Waals surface area contributed by atoms with Gasteiger partial charge in [-0.3, -0.25) is 0 Å². The summed E-state index contributed by atoms with van der Waals surface area (Å²) in [6.45, 7) is 2.93. The first-order valence-corrected chi connectivity index (χ1v) is 6.63. The number of aliphatic hydroxyl groups is 1. The first-order chi connectivity index (χ1) is 8.65. The van der Waals surface area contributed by atoms with E-state index in [-0.39, 0.29) is 12.6 Å². The van der Waals surface area contributed by atoms with Crippen LogP contribution in [0.15, 0.2) is 24.3 Å². The van der Waals surface area contributed by atoms with E-state index in [1.165, 1.54) is 5.56 Å². The van der Waals surface area contributed by atoms with Crippen LogP contribution in [0.1, 0.15) is 18.9 Å². The van der Waals surface area contributed by atoms with Crippen molar-refractivity contribution in [1.29, 1.82) is 0 Å². The lowest BCUT2D eigenvalue weighted by molar-refractivity contribution is 0.143. The van der Waals surface area contributed by atoms with Crippen LogP contribution in [0, 0.1) is 0 Å². The summed E-state index contributed by atoms with van der Waals surface area (Å²) in [5.41, 5.74) is 1.25. The largest absolute Gasteiger partial charge is 0.396 e. The summed E-state index contributed by atoms with van der Waals surface area (Å²) in [7, 11) is 1.68. The molecule has 0 aromatic heterocycles. The molecule has 2 atom stereocenters. The highest BCUT2D eigenvalue weighted by atomic mass is 35.5. The van der Waals surface area contributed by atoms with E-state index in [1.54, 1.807) is 7.11 Å².